The Hall–Kier alpha value is -1.80. The van der Waals surface area contributed by atoms with Gasteiger partial charge in [0, 0.05) is 12.2 Å². The highest BCUT2D eigenvalue weighted by Gasteiger charge is 1.95. The van der Waals surface area contributed by atoms with Gasteiger partial charge in [-0.15, -0.1) is 0 Å². The maximum absolute atomic E-state index is 8.95. The first-order valence-electron chi connectivity index (χ1n) is 5.77. The third-order valence-corrected chi connectivity index (χ3v) is 2.75. The van der Waals surface area contributed by atoms with E-state index in [1.54, 1.807) is 0 Å². The molecule has 88 valence electrons. The Morgan fingerprint density at radius 1 is 0.882 bits per heavy atom. The van der Waals surface area contributed by atoms with E-state index in [0.29, 0.717) is 0 Å². The topological polar surface area (TPSA) is 32.3 Å². The third-order valence-electron chi connectivity index (χ3n) is 2.75. The molecule has 0 fully saturated rings. The Morgan fingerprint density at radius 3 is 2.06 bits per heavy atom. The highest BCUT2D eigenvalue weighted by Crippen LogP contribution is 2.11. The Balaban J connectivity index is 1.95. The molecule has 0 saturated heterocycles. The van der Waals surface area contributed by atoms with Crippen molar-refractivity contribution in [1.29, 1.82) is 0 Å². The van der Waals surface area contributed by atoms with E-state index in [1.807, 2.05) is 24.3 Å². The smallest absolute Gasteiger partial charge is 0.0681 e. The predicted octanol–water partition coefficient (Wildman–Crippen LogP) is 3.10. The van der Waals surface area contributed by atoms with Gasteiger partial charge in [-0.25, -0.2) is 0 Å². The van der Waals surface area contributed by atoms with Gasteiger partial charge in [0.1, 0.15) is 0 Å². The minimum Gasteiger partial charge on any atom is -0.392 e. The fraction of sp³-hybridized carbons (Fsp3) is 0.200. The van der Waals surface area contributed by atoms with Crippen molar-refractivity contribution in [1.82, 2.24) is 0 Å². The minimum absolute atomic E-state index is 0.103. The van der Waals surface area contributed by atoms with Gasteiger partial charge in [0.25, 0.3) is 0 Å². The maximum atomic E-state index is 8.95. The summed E-state index contributed by atoms with van der Waals surface area (Å²) < 4.78 is 0. The molecule has 2 aromatic rings. The quantitative estimate of drug-likeness (QED) is 0.841. The van der Waals surface area contributed by atoms with Crippen molar-refractivity contribution < 1.29 is 5.11 Å². The lowest BCUT2D eigenvalue weighted by Crippen LogP contribution is -1.99. The summed E-state index contributed by atoms with van der Waals surface area (Å²) >= 11 is 0. The molecule has 0 aliphatic rings. The van der Waals surface area contributed by atoms with E-state index < -0.39 is 0 Å². The molecule has 0 heterocycles. The number of nitrogens with one attached hydrogen (secondary N) is 1. The molecule has 0 saturated carbocycles. The Labute approximate surface area is 102 Å². The number of anilines is 1. The Morgan fingerprint density at radius 2 is 1.47 bits per heavy atom. The van der Waals surface area contributed by atoms with Crippen molar-refractivity contribution >= 4 is 5.69 Å². The van der Waals surface area contributed by atoms with Crippen molar-refractivity contribution in [2.75, 3.05) is 5.32 Å². The van der Waals surface area contributed by atoms with Crippen LogP contribution in [0.1, 0.15) is 16.7 Å². The largest absolute Gasteiger partial charge is 0.392 e. The fourth-order valence-corrected chi connectivity index (χ4v) is 1.64. The maximum Gasteiger partial charge on any atom is 0.0681 e. The monoisotopic (exact) mass is 227 g/mol. The van der Waals surface area contributed by atoms with Gasteiger partial charge in [0.2, 0.25) is 0 Å². The van der Waals surface area contributed by atoms with Gasteiger partial charge < -0.3 is 10.4 Å². The third kappa shape index (κ3) is 3.33. The number of hydrogen-bond acceptors (Lipinski definition) is 2. The van der Waals surface area contributed by atoms with Crippen LogP contribution in [-0.4, -0.2) is 5.11 Å². The zero-order valence-electron chi connectivity index (χ0n) is 9.98. The molecule has 0 unspecified atom stereocenters. The molecule has 0 spiro atoms. The summed E-state index contributed by atoms with van der Waals surface area (Å²) in [6.45, 7) is 2.98. The molecule has 0 aromatic heterocycles. The van der Waals surface area contributed by atoms with Crippen molar-refractivity contribution in [3.8, 4) is 0 Å². The van der Waals surface area contributed by atoms with Crippen LogP contribution in [0.3, 0.4) is 0 Å². The van der Waals surface area contributed by atoms with Crippen LogP contribution in [0, 0.1) is 6.92 Å². The first-order chi connectivity index (χ1) is 8.28. The minimum atomic E-state index is 0.103. The van der Waals surface area contributed by atoms with Gasteiger partial charge in [0.15, 0.2) is 0 Å². The molecule has 2 nitrogen and oxygen atoms in total. The zero-order chi connectivity index (χ0) is 12.1. The SMILES string of the molecule is Cc1ccc(NCc2ccc(CO)cc2)cc1. The van der Waals surface area contributed by atoms with E-state index in [0.717, 1.165) is 17.8 Å². The lowest BCUT2D eigenvalue weighted by molar-refractivity contribution is 0.282. The number of aliphatic hydroxyl groups is 1. The molecular weight excluding hydrogens is 210 g/mol. The van der Waals surface area contributed by atoms with E-state index in [9.17, 15) is 0 Å². The second-order valence-electron chi connectivity index (χ2n) is 4.19. The molecule has 0 amide bonds. The molecule has 2 rings (SSSR count). The number of aryl methyl sites for hydroxylation is 1. The van der Waals surface area contributed by atoms with Gasteiger partial charge in [-0.05, 0) is 30.2 Å². The molecule has 2 N–H and O–H groups in total. The average molecular weight is 227 g/mol. The number of aliphatic hydroxyl groups excluding tert-OH is 1. The van der Waals surface area contributed by atoms with Crippen molar-refractivity contribution in [3.05, 3.63) is 65.2 Å². The lowest BCUT2D eigenvalue weighted by atomic mass is 10.1. The average Bonchev–Trinajstić information content (AvgIpc) is 2.39. The van der Waals surface area contributed by atoms with Crippen LogP contribution in [0.5, 0.6) is 0 Å². The second-order valence-corrected chi connectivity index (χ2v) is 4.19. The van der Waals surface area contributed by atoms with Gasteiger partial charge >= 0.3 is 0 Å². The molecule has 0 bridgehead atoms. The fourth-order valence-electron chi connectivity index (χ4n) is 1.64. The van der Waals surface area contributed by atoms with Crippen molar-refractivity contribution in [3.63, 3.8) is 0 Å². The van der Waals surface area contributed by atoms with Crippen LogP contribution in [-0.2, 0) is 13.2 Å². The van der Waals surface area contributed by atoms with Gasteiger partial charge in [-0.2, -0.15) is 0 Å². The summed E-state index contributed by atoms with van der Waals surface area (Å²) in [6.07, 6.45) is 0. The number of rotatable bonds is 4. The van der Waals surface area contributed by atoms with Gasteiger partial charge in [-0.3, -0.25) is 0 Å². The van der Waals surface area contributed by atoms with Crippen molar-refractivity contribution in [2.45, 2.75) is 20.1 Å². The van der Waals surface area contributed by atoms with E-state index in [4.69, 9.17) is 5.11 Å². The normalized spacial score (nSPS) is 10.2. The molecule has 0 aliphatic heterocycles. The first kappa shape index (κ1) is 11.7. The number of benzene rings is 2. The van der Waals surface area contributed by atoms with Crippen LogP contribution in [0.2, 0.25) is 0 Å². The lowest BCUT2D eigenvalue weighted by Gasteiger charge is -2.07. The second kappa shape index (κ2) is 5.51. The highest BCUT2D eigenvalue weighted by molar-refractivity contribution is 5.45. The first-order valence-corrected chi connectivity index (χ1v) is 5.77. The summed E-state index contributed by atoms with van der Waals surface area (Å²) in [5, 5.41) is 12.3. The van der Waals surface area contributed by atoms with Gasteiger partial charge in [0.05, 0.1) is 6.61 Å². The van der Waals surface area contributed by atoms with Crippen molar-refractivity contribution in [2.24, 2.45) is 0 Å². The summed E-state index contributed by atoms with van der Waals surface area (Å²) in [6, 6.07) is 16.3. The van der Waals surface area contributed by atoms with E-state index in [1.165, 1.54) is 11.1 Å². The molecule has 0 atom stereocenters. The summed E-state index contributed by atoms with van der Waals surface area (Å²) in [7, 11) is 0. The van der Waals surface area contributed by atoms with E-state index in [2.05, 4.69) is 36.5 Å². The molecule has 2 heteroatoms. The molecule has 2 aromatic carbocycles. The number of hydrogen-bond donors (Lipinski definition) is 2. The predicted molar refractivity (Wildman–Crippen MR) is 70.9 cm³/mol. The van der Waals surface area contributed by atoms with Crippen LogP contribution in [0.4, 0.5) is 5.69 Å². The summed E-state index contributed by atoms with van der Waals surface area (Å²) in [5.41, 5.74) is 4.55. The van der Waals surface area contributed by atoms with E-state index in [-0.39, 0.29) is 6.61 Å². The van der Waals surface area contributed by atoms with Crippen LogP contribution >= 0.6 is 0 Å². The van der Waals surface area contributed by atoms with Crippen LogP contribution < -0.4 is 5.32 Å². The van der Waals surface area contributed by atoms with Crippen LogP contribution in [0.25, 0.3) is 0 Å². The van der Waals surface area contributed by atoms with Crippen LogP contribution in [0.15, 0.2) is 48.5 Å². The Kier molecular flexibility index (Phi) is 3.78. The molecular formula is C15H17NO. The van der Waals surface area contributed by atoms with E-state index >= 15 is 0 Å². The highest BCUT2D eigenvalue weighted by atomic mass is 16.3. The zero-order valence-corrected chi connectivity index (χ0v) is 9.98. The Bertz CT molecular complexity index is 459. The molecule has 0 radical (unpaired) electrons. The van der Waals surface area contributed by atoms with Gasteiger partial charge in [-0.1, -0.05) is 42.0 Å². The summed E-state index contributed by atoms with van der Waals surface area (Å²) in [4.78, 5) is 0. The molecule has 0 aliphatic carbocycles. The summed E-state index contributed by atoms with van der Waals surface area (Å²) in [5.74, 6) is 0. The molecule has 17 heavy (non-hydrogen) atoms. The standard InChI is InChI=1S/C15H17NO/c1-12-2-8-15(9-3-12)16-10-13-4-6-14(11-17)7-5-13/h2-9,16-17H,10-11H2,1H3.